The van der Waals surface area contributed by atoms with Crippen LogP contribution < -0.4 is 0 Å². The second-order valence-electron chi connectivity index (χ2n) is 9.71. The smallest absolute Gasteiger partial charge is 0.171 e. The average molecular weight is 483 g/mol. The van der Waals surface area contributed by atoms with Gasteiger partial charge in [-0.15, -0.1) is 0 Å². The maximum Gasteiger partial charge on any atom is 0.392 e. The van der Waals surface area contributed by atoms with E-state index in [4.69, 9.17) is 11.6 Å². The summed E-state index contributed by atoms with van der Waals surface area (Å²) in [6.07, 6.45) is -2.83. The van der Waals surface area contributed by atoms with Gasteiger partial charge in [0.2, 0.25) is 0 Å². The van der Waals surface area contributed by atoms with Gasteiger partial charge in [0.1, 0.15) is 0 Å². The van der Waals surface area contributed by atoms with Gasteiger partial charge in [-0.2, -0.15) is 13.2 Å². The molecule has 0 aromatic heterocycles. The summed E-state index contributed by atoms with van der Waals surface area (Å²) in [6.45, 7) is 6.19. The van der Waals surface area contributed by atoms with Gasteiger partial charge in [-0.1, -0.05) is 97.3 Å². The zero-order valence-electron chi connectivity index (χ0n) is 19.8. The molecule has 0 fully saturated rings. The molecule has 0 bridgehead atoms. The molecule has 3 aromatic carbocycles. The molecule has 178 valence electrons. The topological polar surface area (TPSA) is 0 Å². The second-order valence-corrected chi connectivity index (χ2v) is 10.1. The molecule has 4 heteroatoms. The quantitative estimate of drug-likeness (QED) is 0.317. The number of benzene rings is 3. The molecule has 1 aliphatic rings. The first-order chi connectivity index (χ1) is 16.1. The predicted octanol–water partition coefficient (Wildman–Crippen LogP) is 10.3. The van der Waals surface area contributed by atoms with Crippen molar-refractivity contribution in [3.05, 3.63) is 94.0 Å². The summed E-state index contributed by atoms with van der Waals surface area (Å²) >= 11 is 6.65. The van der Waals surface area contributed by atoms with Gasteiger partial charge in [0, 0.05) is 10.6 Å². The van der Waals surface area contributed by atoms with E-state index in [0.29, 0.717) is 22.9 Å². The van der Waals surface area contributed by atoms with Crippen LogP contribution in [-0.2, 0) is 0 Å². The summed E-state index contributed by atoms with van der Waals surface area (Å²) in [4.78, 5) is 0. The van der Waals surface area contributed by atoms with E-state index in [9.17, 15) is 13.2 Å². The van der Waals surface area contributed by atoms with Crippen LogP contribution in [0.5, 0.6) is 0 Å². The van der Waals surface area contributed by atoms with Crippen molar-refractivity contribution >= 4 is 11.6 Å². The molecule has 0 N–H and O–H groups in total. The Kier molecular flexibility index (Phi) is 7.23. The van der Waals surface area contributed by atoms with Crippen molar-refractivity contribution in [3.8, 4) is 22.3 Å². The van der Waals surface area contributed by atoms with E-state index in [0.717, 1.165) is 46.2 Å². The van der Waals surface area contributed by atoms with Crippen molar-refractivity contribution in [3.63, 3.8) is 0 Å². The van der Waals surface area contributed by atoms with E-state index in [1.165, 1.54) is 5.56 Å². The Balaban J connectivity index is 1.50. The van der Waals surface area contributed by atoms with Crippen molar-refractivity contribution in [1.29, 1.82) is 0 Å². The summed E-state index contributed by atoms with van der Waals surface area (Å²) in [5.41, 5.74) is 8.01. The predicted molar refractivity (Wildman–Crippen MR) is 136 cm³/mol. The molecule has 3 aromatic rings. The second kappa shape index (κ2) is 10.00. The lowest BCUT2D eigenvalue weighted by Gasteiger charge is -2.27. The van der Waals surface area contributed by atoms with Gasteiger partial charge < -0.3 is 0 Å². The fourth-order valence-electron chi connectivity index (χ4n) is 4.81. The van der Waals surface area contributed by atoms with Gasteiger partial charge in [0.05, 0.1) is 6.42 Å². The van der Waals surface area contributed by atoms with E-state index in [1.807, 2.05) is 31.2 Å². The van der Waals surface area contributed by atoms with Crippen molar-refractivity contribution in [1.82, 2.24) is 0 Å². The van der Waals surface area contributed by atoms with Crippen molar-refractivity contribution in [2.45, 2.75) is 64.5 Å². The lowest BCUT2D eigenvalue weighted by molar-refractivity contribution is -0.127. The van der Waals surface area contributed by atoms with Gasteiger partial charge >= 0.3 is 6.18 Å². The average Bonchev–Trinajstić information content (AvgIpc) is 2.80. The van der Waals surface area contributed by atoms with Crippen molar-refractivity contribution in [2.75, 3.05) is 0 Å². The third kappa shape index (κ3) is 5.75. The normalized spacial score (nSPS) is 16.9. The Labute approximate surface area is 205 Å². The summed E-state index contributed by atoms with van der Waals surface area (Å²) < 4.78 is 38.9. The lowest BCUT2D eigenvalue weighted by Crippen LogP contribution is -2.15. The monoisotopic (exact) mass is 482 g/mol. The van der Waals surface area contributed by atoms with E-state index in [-0.39, 0.29) is 5.92 Å². The fraction of sp³-hybridized carbons (Fsp3) is 0.333. The Morgan fingerprint density at radius 1 is 0.882 bits per heavy atom. The molecule has 0 aliphatic heterocycles. The van der Waals surface area contributed by atoms with Crippen LogP contribution in [0.1, 0.15) is 69.4 Å². The molecule has 0 radical (unpaired) electrons. The standard InChI is InChI=1S/C30H30ClF3/c1-19(2)21-6-12-24(13-7-21)28-15-14-26(17-29(28)31)23-10-8-22(9-11-23)25-5-4-20(3)27(16-25)18-30(32,33)34/h6-15,17,19,25H,4-5,16,18H2,1-3H3. The van der Waals surface area contributed by atoms with Crippen LogP contribution in [0.3, 0.4) is 0 Å². The van der Waals surface area contributed by atoms with Crippen LogP contribution in [0, 0.1) is 0 Å². The van der Waals surface area contributed by atoms with Crippen LogP contribution in [0.4, 0.5) is 13.2 Å². The Bertz CT molecular complexity index is 1170. The molecule has 0 nitrogen and oxygen atoms in total. The summed E-state index contributed by atoms with van der Waals surface area (Å²) in [7, 11) is 0. The Morgan fingerprint density at radius 3 is 2.09 bits per heavy atom. The van der Waals surface area contributed by atoms with Crippen molar-refractivity contribution < 1.29 is 13.2 Å². The highest BCUT2D eigenvalue weighted by atomic mass is 35.5. The van der Waals surface area contributed by atoms with E-state index < -0.39 is 12.6 Å². The molecular formula is C30H30ClF3. The molecule has 0 spiro atoms. The van der Waals surface area contributed by atoms with Gasteiger partial charge in [0.15, 0.2) is 0 Å². The van der Waals surface area contributed by atoms with Gasteiger partial charge in [0.25, 0.3) is 0 Å². The molecule has 1 atom stereocenters. The maximum absolute atomic E-state index is 13.0. The SMILES string of the molecule is CC1=C(CC(F)(F)F)CC(c2ccc(-c3ccc(-c4ccc(C(C)C)cc4)c(Cl)c3)cc2)CC1. The minimum atomic E-state index is -4.15. The van der Waals surface area contributed by atoms with Crippen LogP contribution >= 0.6 is 11.6 Å². The van der Waals surface area contributed by atoms with Crippen LogP contribution in [-0.4, -0.2) is 6.18 Å². The molecule has 0 heterocycles. The molecule has 0 amide bonds. The molecule has 34 heavy (non-hydrogen) atoms. The van der Waals surface area contributed by atoms with Gasteiger partial charge in [-0.3, -0.25) is 0 Å². The van der Waals surface area contributed by atoms with Gasteiger partial charge in [-0.05, 0) is 71.9 Å². The van der Waals surface area contributed by atoms with E-state index in [1.54, 1.807) is 0 Å². The molecule has 1 unspecified atom stereocenters. The minimum absolute atomic E-state index is 0.134. The Morgan fingerprint density at radius 2 is 1.50 bits per heavy atom. The number of hydrogen-bond acceptors (Lipinski definition) is 0. The molecule has 1 aliphatic carbocycles. The summed E-state index contributed by atoms with van der Waals surface area (Å²) in [5.74, 6) is 0.620. The summed E-state index contributed by atoms with van der Waals surface area (Å²) in [6, 6.07) is 22.8. The first-order valence-corrected chi connectivity index (χ1v) is 12.2. The first kappa shape index (κ1) is 24.6. The lowest BCUT2D eigenvalue weighted by atomic mass is 9.79. The highest BCUT2D eigenvalue weighted by Gasteiger charge is 2.32. The number of allylic oxidation sites excluding steroid dienone is 2. The third-order valence-electron chi connectivity index (χ3n) is 6.95. The highest BCUT2D eigenvalue weighted by molar-refractivity contribution is 6.33. The largest absolute Gasteiger partial charge is 0.392 e. The number of hydrogen-bond donors (Lipinski definition) is 0. The zero-order valence-corrected chi connectivity index (χ0v) is 20.6. The Hall–Kier alpha value is -2.52. The van der Waals surface area contributed by atoms with E-state index in [2.05, 4.69) is 56.3 Å². The molecule has 4 rings (SSSR count). The summed E-state index contributed by atoms with van der Waals surface area (Å²) in [5, 5.41) is 0.698. The first-order valence-electron chi connectivity index (χ1n) is 11.8. The molecule has 0 saturated heterocycles. The van der Waals surface area contributed by atoms with E-state index >= 15 is 0 Å². The van der Waals surface area contributed by atoms with Crippen LogP contribution in [0.2, 0.25) is 5.02 Å². The fourth-order valence-corrected chi connectivity index (χ4v) is 5.10. The third-order valence-corrected chi connectivity index (χ3v) is 7.26. The number of alkyl halides is 3. The maximum atomic E-state index is 13.0. The highest BCUT2D eigenvalue weighted by Crippen LogP contribution is 2.41. The van der Waals surface area contributed by atoms with Gasteiger partial charge in [-0.25, -0.2) is 0 Å². The molecule has 0 saturated carbocycles. The number of halogens is 4. The van der Waals surface area contributed by atoms with Crippen molar-refractivity contribution in [2.24, 2.45) is 0 Å². The zero-order chi connectivity index (χ0) is 24.5. The number of rotatable bonds is 5. The van der Waals surface area contributed by atoms with Crippen LogP contribution in [0.15, 0.2) is 77.9 Å². The minimum Gasteiger partial charge on any atom is -0.171 e. The van der Waals surface area contributed by atoms with Crippen LogP contribution in [0.25, 0.3) is 22.3 Å². The molecular weight excluding hydrogens is 453 g/mol.